The number of nitrogens with one attached hydrogen (secondary N) is 1. The molecule has 1 aliphatic rings. The summed E-state index contributed by atoms with van der Waals surface area (Å²) in [7, 11) is 0. The fourth-order valence-electron chi connectivity index (χ4n) is 3.58. The minimum atomic E-state index is 0.0245. The van der Waals surface area contributed by atoms with E-state index in [4.69, 9.17) is 16.1 Å². The number of hydrogen-bond donors (Lipinski definition) is 1. The summed E-state index contributed by atoms with van der Waals surface area (Å²) in [6.45, 7) is 4.24. The van der Waals surface area contributed by atoms with Gasteiger partial charge < -0.3 is 9.84 Å². The fourth-order valence-corrected chi connectivity index (χ4v) is 3.77. The number of hydrogen-bond acceptors (Lipinski definition) is 5. The summed E-state index contributed by atoms with van der Waals surface area (Å²) in [5, 5.41) is 7.73. The van der Waals surface area contributed by atoms with Gasteiger partial charge in [0.15, 0.2) is 0 Å². The van der Waals surface area contributed by atoms with Crippen LogP contribution in [0.25, 0.3) is 11.4 Å². The van der Waals surface area contributed by atoms with E-state index < -0.39 is 0 Å². The smallest absolute Gasteiger partial charge is 0.241 e. The van der Waals surface area contributed by atoms with E-state index in [1.54, 1.807) is 0 Å². The summed E-state index contributed by atoms with van der Waals surface area (Å²) in [6, 6.07) is 15.3. The molecular formula is C22H23ClN4O2. The third kappa shape index (κ3) is 5.02. The third-order valence-corrected chi connectivity index (χ3v) is 5.39. The molecule has 1 aromatic heterocycles. The Balaban J connectivity index is 1.29. The number of rotatable bonds is 5. The van der Waals surface area contributed by atoms with Gasteiger partial charge in [-0.2, -0.15) is 4.98 Å². The van der Waals surface area contributed by atoms with Crippen LogP contribution in [0.3, 0.4) is 0 Å². The van der Waals surface area contributed by atoms with Gasteiger partial charge in [0.2, 0.25) is 17.6 Å². The number of carbonyl (C=O) groups is 1. The number of likely N-dealkylation sites (tertiary alicyclic amines) is 1. The fraction of sp³-hybridized carbons (Fsp3) is 0.318. The van der Waals surface area contributed by atoms with Crippen molar-refractivity contribution in [2.75, 3.05) is 18.4 Å². The topological polar surface area (TPSA) is 71.3 Å². The lowest BCUT2D eigenvalue weighted by molar-refractivity contribution is -0.121. The third-order valence-electron chi connectivity index (χ3n) is 5.15. The molecule has 0 unspecified atom stereocenters. The minimum Gasteiger partial charge on any atom is -0.338 e. The molecule has 1 amide bonds. The van der Waals surface area contributed by atoms with E-state index >= 15 is 0 Å². The zero-order valence-corrected chi connectivity index (χ0v) is 17.0. The summed E-state index contributed by atoms with van der Waals surface area (Å²) >= 11 is 6.03. The zero-order valence-electron chi connectivity index (χ0n) is 16.3. The molecule has 0 spiro atoms. The van der Waals surface area contributed by atoms with Crippen LogP contribution in [-0.4, -0.2) is 34.0 Å². The molecule has 0 radical (unpaired) electrons. The lowest BCUT2D eigenvalue weighted by atomic mass is 9.96. The second-order valence-electron chi connectivity index (χ2n) is 7.43. The van der Waals surface area contributed by atoms with E-state index in [1.807, 2.05) is 55.5 Å². The maximum absolute atomic E-state index is 12.6. The molecule has 1 fully saturated rings. The molecule has 3 aromatic rings. The van der Waals surface area contributed by atoms with Crippen LogP contribution in [-0.2, 0) is 11.3 Å². The van der Waals surface area contributed by atoms with Gasteiger partial charge in [-0.25, -0.2) is 0 Å². The van der Waals surface area contributed by atoms with Crippen LogP contribution in [0.5, 0.6) is 0 Å². The maximum Gasteiger partial charge on any atom is 0.241 e. The van der Waals surface area contributed by atoms with Crippen LogP contribution in [0.2, 0.25) is 5.02 Å². The number of aromatic nitrogens is 2. The van der Waals surface area contributed by atoms with Gasteiger partial charge >= 0.3 is 0 Å². The van der Waals surface area contributed by atoms with Gasteiger partial charge in [0.25, 0.3) is 0 Å². The summed E-state index contributed by atoms with van der Waals surface area (Å²) < 4.78 is 5.40. The number of benzene rings is 2. The van der Waals surface area contributed by atoms with Crippen molar-refractivity contribution in [2.45, 2.75) is 26.3 Å². The Kier molecular flexibility index (Phi) is 5.92. The Hall–Kier alpha value is -2.70. The Labute approximate surface area is 174 Å². The molecule has 4 rings (SSSR count). The highest BCUT2D eigenvalue weighted by molar-refractivity contribution is 6.30. The van der Waals surface area contributed by atoms with Gasteiger partial charge in [0, 0.05) is 22.2 Å². The summed E-state index contributed by atoms with van der Waals surface area (Å²) in [4.78, 5) is 19.3. The van der Waals surface area contributed by atoms with Crippen LogP contribution in [0.15, 0.2) is 53.1 Å². The lowest BCUT2D eigenvalue weighted by Gasteiger charge is -2.30. The van der Waals surface area contributed by atoms with E-state index in [2.05, 4.69) is 20.4 Å². The molecule has 0 bridgehead atoms. The van der Waals surface area contributed by atoms with Crippen LogP contribution in [0.1, 0.15) is 24.3 Å². The zero-order chi connectivity index (χ0) is 20.2. The first-order valence-corrected chi connectivity index (χ1v) is 10.1. The second-order valence-corrected chi connectivity index (χ2v) is 7.87. The molecule has 7 heteroatoms. The van der Waals surface area contributed by atoms with Gasteiger partial charge in [0.05, 0.1) is 6.54 Å². The summed E-state index contributed by atoms with van der Waals surface area (Å²) in [6.07, 6.45) is 1.62. The molecule has 1 aliphatic heterocycles. The standard InChI is InChI=1S/C22H23ClN4O2/c1-15-4-2-7-19(12-15)24-22(28)16-8-10-27(11-9-16)14-20-25-21(26-29-20)17-5-3-6-18(23)13-17/h2-7,12-13,16H,8-11,14H2,1H3,(H,24,28). The van der Waals surface area contributed by atoms with Crippen molar-refractivity contribution in [3.05, 3.63) is 65.0 Å². The lowest BCUT2D eigenvalue weighted by Crippen LogP contribution is -2.37. The SMILES string of the molecule is Cc1cccc(NC(=O)C2CCN(Cc3nc(-c4cccc(Cl)c4)no3)CC2)c1. The first kappa shape index (κ1) is 19.6. The van der Waals surface area contributed by atoms with Gasteiger partial charge in [-0.15, -0.1) is 0 Å². The van der Waals surface area contributed by atoms with E-state index in [0.717, 1.165) is 42.7 Å². The number of carbonyl (C=O) groups excluding carboxylic acids is 1. The molecule has 0 aliphatic carbocycles. The van der Waals surface area contributed by atoms with E-state index in [1.165, 1.54) is 0 Å². The number of nitrogens with zero attached hydrogens (tertiary/aromatic N) is 3. The molecule has 6 nitrogen and oxygen atoms in total. The van der Waals surface area contributed by atoms with E-state index in [0.29, 0.717) is 23.3 Å². The Morgan fingerprint density at radius 1 is 1.21 bits per heavy atom. The number of amides is 1. The van der Waals surface area contributed by atoms with Crippen molar-refractivity contribution < 1.29 is 9.32 Å². The molecule has 2 aromatic carbocycles. The molecule has 2 heterocycles. The highest BCUT2D eigenvalue weighted by Gasteiger charge is 2.26. The van der Waals surface area contributed by atoms with Crippen molar-refractivity contribution in [1.82, 2.24) is 15.0 Å². The van der Waals surface area contributed by atoms with Gasteiger partial charge in [-0.3, -0.25) is 9.69 Å². The average Bonchev–Trinajstić information content (AvgIpc) is 3.17. The normalized spacial score (nSPS) is 15.4. The molecule has 1 N–H and O–H groups in total. The monoisotopic (exact) mass is 410 g/mol. The maximum atomic E-state index is 12.6. The number of halogens is 1. The summed E-state index contributed by atoms with van der Waals surface area (Å²) in [5.41, 5.74) is 2.82. The van der Waals surface area contributed by atoms with Gasteiger partial charge in [-0.05, 0) is 62.7 Å². The second kappa shape index (κ2) is 8.76. The molecule has 150 valence electrons. The Morgan fingerprint density at radius 3 is 2.76 bits per heavy atom. The van der Waals surface area contributed by atoms with Crippen molar-refractivity contribution in [1.29, 1.82) is 0 Å². The molecule has 0 atom stereocenters. The van der Waals surface area contributed by atoms with Crippen molar-refractivity contribution >= 4 is 23.2 Å². The van der Waals surface area contributed by atoms with Crippen LogP contribution in [0.4, 0.5) is 5.69 Å². The van der Waals surface area contributed by atoms with Crippen LogP contribution >= 0.6 is 11.6 Å². The molecule has 29 heavy (non-hydrogen) atoms. The molecular weight excluding hydrogens is 388 g/mol. The number of aryl methyl sites for hydroxylation is 1. The van der Waals surface area contributed by atoms with Crippen molar-refractivity contribution in [3.63, 3.8) is 0 Å². The summed E-state index contributed by atoms with van der Waals surface area (Å²) in [5.74, 6) is 1.23. The molecule has 1 saturated heterocycles. The predicted octanol–water partition coefficient (Wildman–Crippen LogP) is 4.55. The van der Waals surface area contributed by atoms with E-state index in [-0.39, 0.29) is 11.8 Å². The molecule has 0 saturated carbocycles. The van der Waals surface area contributed by atoms with Crippen LogP contribution in [0, 0.1) is 12.8 Å². The average molecular weight is 411 g/mol. The number of piperidine rings is 1. The van der Waals surface area contributed by atoms with Crippen molar-refractivity contribution in [2.24, 2.45) is 5.92 Å². The first-order valence-electron chi connectivity index (χ1n) is 9.75. The Morgan fingerprint density at radius 2 is 2.00 bits per heavy atom. The minimum absolute atomic E-state index is 0.0245. The first-order chi connectivity index (χ1) is 14.1. The van der Waals surface area contributed by atoms with E-state index in [9.17, 15) is 4.79 Å². The quantitative estimate of drug-likeness (QED) is 0.668. The highest BCUT2D eigenvalue weighted by Crippen LogP contribution is 2.23. The largest absolute Gasteiger partial charge is 0.338 e. The Bertz CT molecular complexity index is 996. The highest BCUT2D eigenvalue weighted by atomic mass is 35.5. The van der Waals surface area contributed by atoms with Crippen LogP contribution < -0.4 is 5.32 Å². The van der Waals surface area contributed by atoms with Gasteiger partial charge in [-0.1, -0.05) is 41.0 Å². The van der Waals surface area contributed by atoms with Gasteiger partial charge in [0.1, 0.15) is 0 Å². The van der Waals surface area contributed by atoms with Crippen molar-refractivity contribution in [3.8, 4) is 11.4 Å². The predicted molar refractivity (Wildman–Crippen MR) is 113 cm³/mol. The number of anilines is 1.